The van der Waals surface area contributed by atoms with Crippen molar-refractivity contribution >= 4 is 17.5 Å². The van der Waals surface area contributed by atoms with Gasteiger partial charge in [-0.05, 0) is 36.1 Å². The first-order chi connectivity index (χ1) is 9.90. The number of carbonyl (C=O) groups is 2. The maximum atomic E-state index is 12.4. The van der Waals surface area contributed by atoms with Gasteiger partial charge in [-0.15, -0.1) is 0 Å². The van der Waals surface area contributed by atoms with Crippen molar-refractivity contribution in [1.82, 2.24) is 5.32 Å². The Kier molecular flexibility index (Phi) is 4.78. The Morgan fingerprint density at radius 3 is 2.29 bits per heavy atom. The van der Waals surface area contributed by atoms with E-state index < -0.39 is 0 Å². The number of hydrogen-bond acceptors (Lipinski definition) is 3. The molecule has 0 bridgehead atoms. The van der Waals surface area contributed by atoms with Crippen LogP contribution in [0.3, 0.4) is 0 Å². The first kappa shape index (κ1) is 15.7. The van der Waals surface area contributed by atoms with E-state index in [1.807, 2.05) is 24.3 Å². The fourth-order valence-corrected chi connectivity index (χ4v) is 2.45. The molecule has 2 amide bonds. The zero-order valence-electron chi connectivity index (χ0n) is 13.2. The molecule has 1 N–H and O–H groups in total. The standard InChI is InChI=1S/C17H24N2O2/c1-11(2)10-18-15-9-16(20)19(17(15)21)14-7-5-13(6-8-14)12(3)4/h5-8,11-12,15,18H,9-10H2,1-4H3/t15-/m0/s1. The van der Waals surface area contributed by atoms with Gasteiger partial charge in [-0.3, -0.25) is 9.59 Å². The molecule has 0 aromatic heterocycles. The number of imide groups is 1. The van der Waals surface area contributed by atoms with Crippen LogP contribution in [0.5, 0.6) is 0 Å². The number of nitrogens with zero attached hydrogens (tertiary/aromatic N) is 1. The Bertz CT molecular complexity index is 520. The summed E-state index contributed by atoms with van der Waals surface area (Å²) in [5.74, 6) is 0.619. The van der Waals surface area contributed by atoms with E-state index in [-0.39, 0.29) is 24.3 Å². The molecule has 0 saturated carbocycles. The van der Waals surface area contributed by atoms with Crippen LogP contribution in [0, 0.1) is 5.92 Å². The molecule has 0 aliphatic carbocycles. The van der Waals surface area contributed by atoms with Crippen LogP contribution in [0.4, 0.5) is 5.69 Å². The minimum Gasteiger partial charge on any atom is -0.305 e. The molecule has 1 aliphatic heterocycles. The molecule has 1 heterocycles. The number of benzene rings is 1. The highest BCUT2D eigenvalue weighted by molar-refractivity contribution is 6.22. The maximum absolute atomic E-state index is 12.4. The number of nitrogens with one attached hydrogen (secondary N) is 1. The molecule has 4 heteroatoms. The second-order valence-corrected chi connectivity index (χ2v) is 6.37. The number of rotatable bonds is 5. The summed E-state index contributed by atoms with van der Waals surface area (Å²) >= 11 is 0. The summed E-state index contributed by atoms with van der Waals surface area (Å²) in [4.78, 5) is 25.8. The highest BCUT2D eigenvalue weighted by Crippen LogP contribution is 2.25. The zero-order valence-corrected chi connectivity index (χ0v) is 13.2. The number of amides is 2. The van der Waals surface area contributed by atoms with Crippen LogP contribution in [0.1, 0.15) is 45.6 Å². The summed E-state index contributed by atoms with van der Waals surface area (Å²) in [6.07, 6.45) is 0.248. The summed E-state index contributed by atoms with van der Waals surface area (Å²) in [7, 11) is 0. The van der Waals surface area contributed by atoms with Gasteiger partial charge in [0.15, 0.2) is 0 Å². The van der Waals surface area contributed by atoms with E-state index >= 15 is 0 Å². The lowest BCUT2D eigenvalue weighted by molar-refractivity contribution is -0.121. The Morgan fingerprint density at radius 2 is 1.76 bits per heavy atom. The highest BCUT2D eigenvalue weighted by atomic mass is 16.2. The van der Waals surface area contributed by atoms with Gasteiger partial charge in [0.25, 0.3) is 5.91 Å². The minimum atomic E-state index is -0.385. The van der Waals surface area contributed by atoms with Crippen molar-refractivity contribution < 1.29 is 9.59 Å². The highest BCUT2D eigenvalue weighted by Gasteiger charge is 2.39. The lowest BCUT2D eigenvalue weighted by atomic mass is 10.0. The SMILES string of the molecule is CC(C)CN[C@H]1CC(=O)N(c2ccc(C(C)C)cc2)C1=O. The Labute approximate surface area is 126 Å². The first-order valence-electron chi connectivity index (χ1n) is 7.60. The first-order valence-corrected chi connectivity index (χ1v) is 7.60. The van der Waals surface area contributed by atoms with Crippen molar-refractivity contribution in [2.24, 2.45) is 5.92 Å². The molecule has 0 spiro atoms. The summed E-state index contributed by atoms with van der Waals surface area (Å²) in [6, 6.07) is 7.29. The molecule has 4 nitrogen and oxygen atoms in total. The van der Waals surface area contributed by atoms with Gasteiger partial charge in [-0.25, -0.2) is 4.90 Å². The molecule has 0 radical (unpaired) electrons. The van der Waals surface area contributed by atoms with Gasteiger partial charge < -0.3 is 5.32 Å². The van der Waals surface area contributed by atoms with Crippen LogP contribution < -0.4 is 10.2 Å². The minimum absolute atomic E-state index is 0.126. The summed E-state index contributed by atoms with van der Waals surface area (Å²) in [5, 5.41) is 3.18. The molecular formula is C17H24N2O2. The van der Waals surface area contributed by atoms with Crippen LogP contribution in [0.15, 0.2) is 24.3 Å². The zero-order chi connectivity index (χ0) is 15.6. The Balaban J connectivity index is 2.12. The average molecular weight is 288 g/mol. The fraction of sp³-hybridized carbons (Fsp3) is 0.529. The van der Waals surface area contributed by atoms with Crippen LogP contribution in [-0.2, 0) is 9.59 Å². The molecule has 2 rings (SSSR count). The molecular weight excluding hydrogens is 264 g/mol. The van der Waals surface area contributed by atoms with Crippen LogP contribution in [0.2, 0.25) is 0 Å². The number of anilines is 1. The normalized spacial score (nSPS) is 19.1. The molecule has 1 fully saturated rings. The lowest BCUT2D eigenvalue weighted by Crippen LogP contribution is -2.40. The molecule has 21 heavy (non-hydrogen) atoms. The third-order valence-electron chi connectivity index (χ3n) is 3.74. The van der Waals surface area contributed by atoms with Crippen molar-refractivity contribution in [3.05, 3.63) is 29.8 Å². The van der Waals surface area contributed by atoms with E-state index in [2.05, 4.69) is 33.0 Å². The van der Waals surface area contributed by atoms with E-state index in [0.717, 1.165) is 6.54 Å². The molecule has 1 saturated heterocycles. The molecule has 1 aliphatic rings. The van der Waals surface area contributed by atoms with Gasteiger partial charge in [-0.2, -0.15) is 0 Å². The smallest absolute Gasteiger partial charge is 0.251 e. The predicted molar refractivity (Wildman–Crippen MR) is 84.3 cm³/mol. The van der Waals surface area contributed by atoms with E-state index in [9.17, 15) is 9.59 Å². The third-order valence-corrected chi connectivity index (χ3v) is 3.74. The molecule has 1 atom stereocenters. The van der Waals surface area contributed by atoms with Gasteiger partial charge in [0.1, 0.15) is 0 Å². The monoisotopic (exact) mass is 288 g/mol. The number of hydrogen-bond donors (Lipinski definition) is 1. The third kappa shape index (κ3) is 3.50. The molecule has 0 unspecified atom stereocenters. The maximum Gasteiger partial charge on any atom is 0.251 e. The van der Waals surface area contributed by atoms with E-state index in [4.69, 9.17) is 0 Å². The van der Waals surface area contributed by atoms with E-state index in [1.165, 1.54) is 10.5 Å². The quantitative estimate of drug-likeness (QED) is 0.848. The summed E-state index contributed by atoms with van der Waals surface area (Å²) in [6.45, 7) is 9.14. The van der Waals surface area contributed by atoms with E-state index in [1.54, 1.807) is 0 Å². The summed E-state index contributed by atoms with van der Waals surface area (Å²) < 4.78 is 0. The Morgan fingerprint density at radius 1 is 1.14 bits per heavy atom. The second kappa shape index (κ2) is 6.39. The summed E-state index contributed by atoms with van der Waals surface area (Å²) in [5.41, 5.74) is 1.87. The van der Waals surface area contributed by atoms with Gasteiger partial charge in [-0.1, -0.05) is 39.8 Å². The predicted octanol–water partition coefficient (Wildman–Crippen LogP) is 2.69. The van der Waals surface area contributed by atoms with Gasteiger partial charge in [0, 0.05) is 0 Å². The van der Waals surface area contributed by atoms with Gasteiger partial charge in [0.05, 0.1) is 18.2 Å². The van der Waals surface area contributed by atoms with Gasteiger partial charge in [0.2, 0.25) is 5.91 Å². The largest absolute Gasteiger partial charge is 0.305 e. The topological polar surface area (TPSA) is 49.4 Å². The van der Waals surface area contributed by atoms with Crippen molar-refractivity contribution in [3.8, 4) is 0 Å². The van der Waals surface area contributed by atoms with Crippen molar-refractivity contribution in [1.29, 1.82) is 0 Å². The van der Waals surface area contributed by atoms with Crippen molar-refractivity contribution in [2.45, 2.75) is 46.1 Å². The van der Waals surface area contributed by atoms with E-state index in [0.29, 0.717) is 17.5 Å². The van der Waals surface area contributed by atoms with Crippen LogP contribution in [-0.4, -0.2) is 24.4 Å². The van der Waals surface area contributed by atoms with Crippen LogP contribution >= 0.6 is 0 Å². The van der Waals surface area contributed by atoms with Gasteiger partial charge >= 0.3 is 0 Å². The van der Waals surface area contributed by atoms with Crippen molar-refractivity contribution in [3.63, 3.8) is 0 Å². The Hall–Kier alpha value is -1.68. The van der Waals surface area contributed by atoms with Crippen LogP contribution in [0.25, 0.3) is 0 Å². The molecule has 1 aromatic rings. The lowest BCUT2D eigenvalue weighted by Gasteiger charge is -2.17. The average Bonchev–Trinajstić information content (AvgIpc) is 2.71. The second-order valence-electron chi connectivity index (χ2n) is 6.37. The number of carbonyl (C=O) groups excluding carboxylic acids is 2. The molecule has 1 aromatic carbocycles. The fourth-order valence-electron chi connectivity index (χ4n) is 2.45. The van der Waals surface area contributed by atoms with Crippen molar-refractivity contribution in [2.75, 3.05) is 11.4 Å². The molecule has 114 valence electrons.